The van der Waals surface area contributed by atoms with Gasteiger partial charge in [-0.05, 0) is 30.1 Å². The summed E-state index contributed by atoms with van der Waals surface area (Å²) in [7, 11) is -0.832. The molecule has 105 valence electrons. The van der Waals surface area contributed by atoms with E-state index >= 15 is 0 Å². The van der Waals surface area contributed by atoms with Crippen molar-refractivity contribution >= 4 is 38.5 Å². The molecule has 0 aromatic heterocycles. The summed E-state index contributed by atoms with van der Waals surface area (Å²) in [4.78, 5) is 11.3. The normalized spacial score (nSPS) is 12.0. The van der Waals surface area contributed by atoms with Crippen molar-refractivity contribution in [3.05, 3.63) is 32.8 Å². The predicted molar refractivity (Wildman–Crippen MR) is 82.8 cm³/mol. The highest BCUT2D eigenvalue weighted by Gasteiger charge is 2.25. The maximum atomic E-state index is 11.3. The zero-order valence-electron chi connectivity index (χ0n) is 11.9. The predicted octanol–water partition coefficient (Wildman–Crippen LogP) is 4.87. The van der Waals surface area contributed by atoms with Crippen molar-refractivity contribution in [3.8, 4) is 0 Å². The summed E-state index contributed by atoms with van der Waals surface area (Å²) >= 11 is 12.4. The minimum absolute atomic E-state index is 0.197. The lowest BCUT2D eigenvalue weighted by Crippen LogP contribution is -2.19. The fraction of sp³-hybridized carbons (Fsp3) is 0.500. The molecule has 5 heteroatoms. The molecule has 1 rings (SSSR count). The molecule has 1 aromatic carbocycles. The number of carbonyl (C=O) groups is 1. The van der Waals surface area contributed by atoms with E-state index in [4.69, 9.17) is 27.6 Å². The maximum absolute atomic E-state index is 11.3. The van der Waals surface area contributed by atoms with E-state index in [-0.39, 0.29) is 5.41 Å². The van der Waals surface area contributed by atoms with Gasteiger partial charge in [-0.2, -0.15) is 0 Å². The minimum atomic E-state index is -0.832. The molecule has 0 saturated heterocycles. The summed E-state index contributed by atoms with van der Waals surface area (Å²) in [6.45, 7) is 10.7. The Morgan fingerprint density at radius 2 is 1.89 bits per heavy atom. The number of hydrogen-bond acceptors (Lipinski definition) is 2. The Balaban J connectivity index is 3.46. The lowest BCUT2D eigenvalue weighted by molar-refractivity contribution is 0.112. The zero-order valence-corrected chi connectivity index (χ0v) is 14.4. The smallest absolute Gasteiger partial charge is 0.205 e. The lowest BCUT2D eigenvalue weighted by Gasteiger charge is -2.26. The molecule has 0 fully saturated rings. The van der Waals surface area contributed by atoms with Gasteiger partial charge in [0.2, 0.25) is 9.04 Å². The Bertz CT molecular complexity index is 479. The van der Waals surface area contributed by atoms with E-state index in [1.165, 1.54) is 0 Å². The Morgan fingerprint density at radius 3 is 2.32 bits per heavy atom. The highest BCUT2D eigenvalue weighted by atomic mass is 35.5. The van der Waals surface area contributed by atoms with Gasteiger partial charge < -0.3 is 4.43 Å². The summed E-state index contributed by atoms with van der Waals surface area (Å²) in [6.07, 6.45) is 0.829. The van der Waals surface area contributed by atoms with Gasteiger partial charge in [-0.3, -0.25) is 4.79 Å². The van der Waals surface area contributed by atoms with Crippen LogP contribution in [0.25, 0.3) is 0 Å². The molecule has 0 heterocycles. The van der Waals surface area contributed by atoms with Crippen LogP contribution in [0.1, 0.15) is 42.3 Å². The van der Waals surface area contributed by atoms with Crippen molar-refractivity contribution in [1.82, 2.24) is 0 Å². The molecule has 0 bridgehead atoms. The van der Waals surface area contributed by atoms with E-state index in [1.54, 1.807) is 6.07 Å². The van der Waals surface area contributed by atoms with Crippen LogP contribution in [0.2, 0.25) is 23.1 Å². The van der Waals surface area contributed by atoms with E-state index in [0.717, 1.165) is 17.4 Å². The van der Waals surface area contributed by atoms with Crippen LogP contribution >= 0.6 is 23.2 Å². The number of benzene rings is 1. The van der Waals surface area contributed by atoms with Gasteiger partial charge in [0.05, 0.1) is 16.7 Å². The third-order valence-electron chi connectivity index (χ3n) is 2.73. The van der Waals surface area contributed by atoms with Crippen LogP contribution in [-0.4, -0.2) is 15.3 Å². The monoisotopic (exact) mass is 317 g/mol. The molecular weight excluding hydrogens is 299 g/mol. The first-order chi connectivity index (χ1) is 8.68. The summed E-state index contributed by atoms with van der Waals surface area (Å²) in [5.74, 6) is 0. The molecule has 0 N–H and O–H groups in total. The summed E-state index contributed by atoms with van der Waals surface area (Å²) in [5.41, 5.74) is 2.13. The van der Waals surface area contributed by atoms with Crippen molar-refractivity contribution in [2.45, 2.75) is 45.9 Å². The second kappa shape index (κ2) is 6.40. The first-order valence-corrected chi connectivity index (χ1v) is 9.24. The number of halogens is 2. The summed E-state index contributed by atoms with van der Waals surface area (Å²) in [5, 5.41) is 0.886. The summed E-state index contributed by atoms with van der Waals surface area (Å²) < 4.78 is 5.74. The highest BCUT2D eigenvalue weighted by molar-refractivity contribution is 6.48. The Kier molecular flexibility index (Phi) is 5.62. The van der Waals surface area contributed by atoms with Crippen molar-refractivity contribution in [1.29, 1.82) is 0 Å². The maximum Gasteiger partial charge on any atom is 0.205 e. The quantitative estimate of drug-likeness (QED) is 0.585. The molecule has 0 spiro atoms. The van der Waals surface area contributed by atoms with Crippen molar-refractivity contribution in [2.24, 2.45) is 0 Å². The van der Waals surface area contributed by atoms with Gasteiger partial charge in [-0.1, -0.05) is 44.0 Å². The molecule has 19 heavy (non-hydrogen) atoms. The van der Waals surface area contributed by atoms with Gasteiger partial charge in [0, 0.05) is 11.1 Å². The number of hydrogen-bond donors (Lipinski definition) is 0. The molecular formula is C14H19Cl2O2Si. The molecule has 0 aliphatic carbocycles. The van der Waals surface area contributed by atoms with E-state index in [1.807, 2.05) is 20.8 Å². The molecule has 0 aliphatic rings. The second-order valence-electron chi connectivity index (χ2n) is 5.68. The standard InChI is InChI=1S/C14H19Cl2O2Si/c1-14(2,3)12-9(7-17)6-11(15)13(16)10(12)8-18-19(4)5/h6-7H,8H2,1-5H3. The lowest BCUT2D eigenvalue weighted by atomic mass is 9.81. The molecule has 1 radical (unpaired) electrons. The van der Waals surface area contributed by atoms with Gasteiger partial charge >= 0.3 is 0 Å². The van der Waals surface area contributed by atoms with Gasteiger partial charge in [0.25, 0.3) is 0 Å². The van der Waals surface area contributed by atoms with E-state index < -0.39 is 9.04 Å². The number of rotatable bonds is 4. The topological polar surface area (TPSA) is 26.3 Å². The van der Waals surface area contributed by atoms with Crippen LogP contribution in [0, 0.1) is 0 Å². The zero-order chi connectivity index (χ0) is 14.8. The molecule has 0 atom stereocenters. The van der Waals surface area contributed by atoms with Crippen LogP contribution in [-0.2, 0) is 16.4 Å². The minimum Gasteiger partial charge on any atom is -0.413 e. The van der Waals surface area contributed by atoms with Gasteiger partial charge in [0.1, 0.15) is 6.29 Å². The van der Waals surface area contributed by atoms with Gasteiger partial charge in [0.15, 0.2) is 0 Å². The molecule has 0 unspecified atom stereocenters. The van der Waals surface area contributed by atoms with E-state index in [0.29, 0.717) is 22.2 Å². The van der Waals surface area contributed by atoms with Crippen molar-refractivity contribution < 1.29 is 9.22 Å². The van der Waals surface area contributed by atoms with Gasteiger partial charge in [-0.25, -0.2) is 0 Å². The largest absolute Gasteiger partial charge is 0.413 e. The molecule has 0 amide bonds. The number of carbonyl (C=O) groups excluding carboxylic acids is 1. The highest BCUT2D eigenvalue weighted by Crippen LogP contribution is 2.37. The van der Waals surface area contributed by atoms with Crippen LogP contribution in [0.15, 0.2) is 6.07 Å². The SMILES string of the molecule is C[Si](C)OCc1c(Cl)c(Cl)cc(C=O)c1C(C)(C)C. The molecule has 1 aromatic rings. The first-order valence-electron chi connectivity index (χ1n) is 6.08. The van der Waals surface area contributed by atoms with Crippen molar-refractivity contribution in [2.75, 3.05) is 0 Å². The fourth-order valence-corrected chi connectivity index (χ4v) is 2.90. The Labute approximate surface area is 126 Å². The average molecular weight is 318 g/mol. The van der Waals surface area contributed by atoms with E-state index in [9.17, 15) is 4.79 Å². The molecule has 0 aliphatic heterocycles. The average Bonchev–Trinajstić information content (AvgIpc) is 2.28. The van der Waals surface area contributed by atoms with Crippen LogP contribution in [0.5, 0.6) is 0 Å². The van der Waals surface area contributed by atoms with E-state index in [2.05, 4.69) is 13.1 Å². The third-order valence-corrected chi connectivity index (χ3v) is 4.28. The third kappa shape index (κ3) is 4.05. The van der Waals surface area contributed by atoms with Crippen LogP contribution < -0.4 is 0 Å². The summed E-state index contributed by atoms with van der Waals surface area (Å²) in [6, 6.07) is 1.63. The first kappa shape index (κ1) is 16.7. The van der Waals surface area contributed by atoms with Crippen molar-refractivity contribution in [3.63, 3.8) is 0 Å². The fourth-order valence-electron chi connectivity index (χ4n) is 2.03. The molecule has 2 nitrogen and oxygen atoms in total. The number of aldehydes is 1. The Hall–Kier alpha value is -0.353. The van der Waals surface area contributed by atoms with Crippen LogP contribution in [0.3, 0.4) is 0 Å². The second-order valence-corrected chi connectivity index (χ2v) is 8.57. The Morgan fingerprint density at radius 1 is 1.32 bits per heavy atom. The molecule has 0 saturated carbocycles. The van der Waals surface area contributed by atoms with Gasteiger partial charge in [-0.15, -0.1) is 0 Å². The van der Waals surface area contributed by atoms with Crippen LogP contribution in [0.4, 0.5) is 0 Å².